The van der Waals surface area contributed by atoms with Crippen LogP contribution in [0.4, 0.5) is 4.39 Å². The highest BCUT2D eigenvalue weighted by molar-refractivity contribution is 7.17. The SMILES string of the molecule is Cc1cc(-n2c(=O)c3sccc3n(CC(=O)N3CCCC[C@H]3C)c2=O)ccc1F. The van der Waals surface area contributed by atoms with Gasteiger partial charge in [-0.25, -0.2) is 13.8 Å². The summed E-state index contributed by atoms with van der Waals surface area (Å²) in [5.41, 5.74) is 0.0376. The summed E-state index contributed by atoms with van der Waals surface area (Å²) in [5, 5.41) is 1.73. The molecule has 1 saturated heterocycles. The Labute approximate surface area is 170 Å². The molecule has 1 amide bonds. The van der Waals surface area contributed by atoms with Gasteiger partial charge in [0.05, 0.1) is 11.2 Å². The minimum atomic E-state index is -0.593. The van der Waals surface area contributed by atoms with Gasteiger partial charge in [-0.3, -0.25) is 14.2 Å². The maximum Gasteiger partial charge on any atom is 0.336 e. The highest BCUT2D eigenvalue weighted by atomic mass is 32.1. The Balaban J connectivity index is 1.85. The molecular formula is C21H22FN3O3S. The van der Waals surface area contributed by atoms with Crippen molar-refractivity contribution in [1.29, 1.82) is 0 Å². The van der Waals surface area contributed by atoms with Crippen molar-refractivity contribution in [3.05, 3.63) is 61.9 Å². The zero-order valence-electron chi connectivity index (χ0n) is 16.4. The zero-order chi connectivity index (χ0) is 20.7. The lowest BCUT2D eigenvalue weighted by Crippen LogP contribution is -2.46. The fraction of sp³-hybridized carbons (Fsp3) is 0.381. The van der Waals surface area contributed by atoms with Crippen molar-refractivity contribution >= 4 is 27.5 Å². The molecule has 0 unspecified atom stereocenters. The number of halogens is 1. The number of hydrogen-bond donors (Lipinski definition) is 0. The van der Waals surface area contributed by atoms with Crippen molar-refractivity contribution < 1.29 is 9.18 Å². The second-order valence-corrected chi connectivity index (χ2v) is 8.43. The molecule has 0 saturated carbocycles. The molecule has 3 heterocycles. The van der Waals surface area contributed by atoms with Crippen LogP contribution in [0.1, 0.15) is 31.7 Å². The molecule has 1 aromatic carbocycles. The molecule has 152 valence electrons. The first kappa shape index (κ1) is 19.6. The Morgan fingerprint density at radius 1 is 1.24 bits per heavy atom. The second kappa shape index (κ2) is 7.59. The van der Waals surface area contributed by atoms with E-state index in [0.29, 0.717) is 28.0 Å². The van der Waals surface area contributed by atoms with Crippen LogP contribution < -0.4 is 11.2 Å². The van der Waals surface area contributed by atoms with Gasteiger partial charge in [-0.1, -0.05) is 0 Å². The van der Waals surface area contributed by atoms with Crippen LogP contribution in [0.3, 0.4) is 0 Å². The molecule has 0 radical (unpaired) electrons. The van der Waals surface area contributed by atoms with E-state index in [1.165, 1.54) is 34.1 Å². The minimum Gasteiger partial charge on any atom is -0.338 e. The smallest absolute Gasteiger partial charge is 0.336 e. The molecule has 0 aliphatic carbocycles. The molecule has 3 aromatic rings. The van der Waals surface area contributed by atoms with Crippen molar-refractivity contribution in [3.8, 4) is 5.69 Å². The van der Waals surface area contributed by atoms with Crippen molar-refractivity contribution in [2.24, 2.45) is 0 Å². The summed E-state index contributed by atoms with van der Waals surface area (Å²) >= 11 is 1.22. The van der Waals surface area contributed by atoms with Crippen molar-refractivity contribution in [1.82, 2.24) is 14.0 Å². The molecule has 1 fully saturated rings. The van der Waals surface area contributed by atoms with Crippen LogP contribution in [0.5, 0.6) is 0 Å². The Morgan fingerprint density at radius 2 is 2.03 bits per heavy atom. The molecule has 0 bridgehead atoms. The number of amides is 1. The summed E-state index contributed by atoms with van der Waals surface area (Å²) in [5.74, 6) is -0.541. The number of likely N-dealkylation sites (tertiary alicyclic amines) is 1. The minimum absolute atomic E-state index is 0.128. The topological polar surface area (TPSA) is 64.3 Å². The van der Waals surface area contributed by atoms with Gasteiger partial charge in [0.15, 0.2) is 0 Å². The molecular weight excluding hydrogens is 393 g/mol. The third kappa shape index (κ3) is 3.42. The number of hydrogen-bond acceptors (Lipinski definition) is 4. The van der Waals surface area contributed by atoms with Crippen LogP contribution in [0.2, 0.25) is 0 Å². The van der Waals surface area contributed by atoms with Crippen molar-refractivity contribution in [2.75, 3.05) is 6.54 Å². The summed E-state index contributed by atoms with van der Waals surface area (Å²) in [4.78, 5) is 41.0. The van der Waals surface area contributed by atoms with E-state index in [2.05, 4.69) is 0 Å². The largest absolute Gasteiger partial charge is 0.338 e. The van der Waals surface area contributed by atoms with Crippen LogP contribution in [0.15, 0.2) is 39.2 Å². The van der Waals surface area contributed by atoms with Gasteiger partial charge in [0.2, 0.25) is 5.91 Å². The normalized spacial score (nSPS) is 17.1. The Bertz CT molecular complexity index is 1210. The zero-order valence-corrected chi connectivity index (χ0v) is 17.2. The summed E-state index contributed by atoms with van der Waals surface area (Å²) in [6.07, 6.45) is 2.99. The van der Waals surface area contributed by atoms with E-state index >= 15 is 0 Å². The number of benzene rings is 1. The van der Waals surface area contributed by atoms with E-state index < -0.39 is 17.1 Å². The molecule has 0 N–H and O–H groups in total. The third-order valence-electron chi connectivity index (χ3n) is 5.57. The Morgan fingerprint density at radius 3 is 2.76 bits per heavy atom. The van der Waals surface area contributed by atoms with Gasteiger partial charge in [0, 0.05) is 12.6 Å². The number of nitrogens with zero attached hydrogens (tertiary/aromatic N) is 3. The maximum atomic E-state index is 13.7. The second-order valence-electron chi connectivity index (χ2n) is 7.51. The summed E-state index contributed by atoms with van der Waals surface area (Å²) in [7, 11) is 0. The van der Waals surface area contributed by atoms with Crippen LogP contribution in [0, 0.1) is 12.7 Å². The molecule has 1 aliphatic heterocycles. The number of rotatable bonds is 3. The van der Waals surface area contributed by atoms with Crippen LogP contribution in [-0.2, 0) is 11.3 Å². The lowest BCUT2D eigenvalue weighted by Gasteiger charge is -2.33. The lowest BCUT2D eigenvalue weighted by atomic mass is 10.0. The van der Waals surface area contributed by atoms with Gasteiger partial charge in [-0.2, -0.15) is 0 Å². The first-order chi connectivity index (χ1) is 13.9. The van der Waals surface area contributed by atoms with E-state index in [-0.39, 0.29) is 18.5 Å². The highest BCUT2D eigenvalue weighted by Crippen LogP contribution is 2.20. The summed E-state index contributed by atoms with van der Waals surface area (Å²) in [6.45, 7) is 4.14. The maximum absolute atomic E-state index is 13.7. The van der Waals surface area contributed by atoms with Crippen LogP contribution in [-0.4, -0.2) is 32.5 Å². The number of fused-ring (bicyclic) bond motifs is 1. The Hall–Kier alpha value is -2.74. The van der Waals surface area contributed by atoms with Gasteiger partial charge in [-0.15, -0.1) is 11.3 Å². The standard InChI is InChI=1S/C21H22FN3O3S/c1-13-11-15(6-7-16(13)22)25-20(27)19-17(8-10-29-19)24(21(25)28)12-18(26)23-9-4-3-5-14(23)2/h6-8,10-11,14H,3-5,9,12H2,1-2H3/t14-/m1/s1. The van der Waals surface area contributed by atoms with Gasteiger partial charge in [-0.05, 0) is 68.3 Å². The summed E-state index contributed by atoms with van der Waals surface area (Å²) in [6, 6.07) is 5.94. The van der Waals surface area contributed by atoms with E-state index in [9.17, 15) is 18.8 Å². The van der Waals surface area contributed by atoms with Gasteiger partial charge in [0.25, 0.3) is 5.56 Å². The van der Waals surface area contributed by atoms with E-state index in [1.807, 2.05) is 11.8 Å². The first-order valence-corrected chi connectivity index (χ1v) is 10.6. The molecule has 2 aromatic heterocycles. The van der Waals surface area contributed by atoms with E-state index in [1.54, 1.807) is 18.4 Å². The average molecular weight is 415 g/mol. The van der Waals surface area contributed by atoms with E-state index in [4.69, 9.17) is 0 Å². The summed E-state index contributed by atoms with van der Waals surface area (Å²) < 4.78 is 16.5. The number of thiophene rings is 1. The number of aryl methyl sites for hydroxylation is 1. The lowest BCUT2D eigenvalue weighted by molar-refractivity contribution is -0.135. The third-order valence-corrected chi connectivity index (χ3v) is 6.46. The highest BCUT2D eigenvalue weighted by Gasteiger charge is 2.25. The quantitative estimate of drug-likeness (QED) is 0.660. The molecule has 1 atom stereocenters. The Kier molecular flexibility index (Phi) is 5.12. The van der Waals surface area contributed by atoms with E-state index in [0.717, 1.165) is 23.8 Å². The fourth-order valence-corrected chi connectivity index (χ4v) is 4.75. The number of aromatic nitrogens is 2. The molecule has 8 heteroatoms. The number of carbonyl (C=O) groups excluding carboxylic acids is 1. The van der Waals surface area contributed by atoms with Crippen LogP contribution >= 0.6 is 11.3 Å². The monoisotopic (exact) mass is 415 g/mol. The fourth-order valence-electron chi connectivity index (χ4n) is 3.93. The molecule has 4 rings (SSSR count). The van der Waals surface area contributed by atoms with Crippen molar-refractivity contribution in [3.63, 3.8) is 0 Å². The number of carbonyl (C=O) groups is 1. The molecule has 1 aliphatic rings. The molecule has 29 heavy (non-hydrogen) atoms. The average Bonchev–Trinajstić information content (AvgIpc) is 3.18. The first-order valence-electron chi connectivity index (χ1n) is 9.67. The van der Waals surface area contributed by atoms with Crippen LogP contribution in [0.25, 0.3) is 15.9 Å². The van der Waals surface area contributed by atoms with Gasteiger partial charge < -0.3 is 4.90 Å². The predicted octanol–water partition coefficient (Wildman–Crippen LogP) is 3.06. The van der Waals surface area contributed by atoms with Gasteiger partial charge >= 0.3 is 5.69 Å². The van der Waals surface area contributed by atoms with Crippen molar-refractivity contribution in [2.45, 2.75) is 45.7 Å². The predicted molar refractivity (Wildman–Crippen MR) is 111 cm³/mol. The number of piperidine rings is 1. The molecule has 0 spiro atoms. The molecule has 6 nitrogen and oxygen atoms in total. The van der Waals surface area contributed by atoms with Gasteiger partial charge in [0.1, 0.15) is 17.1 Å².